The molecule has 0 radical (unpaired) electrons. The van der Waals surface area contributed by atoms with Crippen LogP contribution in [-0.2, 0) is 9.53 Å². The first-order valence-corrected chi connectivity index (χ1v) is 5.80. The van der Waals surface area contributed by atoms with Crippen molar-refractivity contribution in [1.82, 2.24) is 5.32 Å². The molecule has 1 aliphatic rings. The molecular weight excluding hydrogens is 204 g/mol. The van der Waals surface area contributed by atoms with Crippen LogP contribution in [0.1, 0.15) is 27.7 Å². The van der Waals surface area contributed by atoms with Crippen LogP contribution in [0.25, 0.3) is 0 Å². The summed E-state index contributed by atoms with van der Waals surface area (Å²) in [5.41, 5.74) is 0. The first kappa shape index (κ1) is 13.0. The molecule has 4 heteroatoms. The molecule has 16 heavy (non-hydrogen) atoms. The summed E-state index contributed by atoms with van der Waals surface area (Å²) in [4.78, 5) is 11.9. The summed E-state index contributed by atoms with van der Waals surface area (Å²) in [7, 11) is 0. The monoisotopic (exact) mass is 224 g/mol. The molecule has 1 rings (SSSR count). The van der Waals surface area contributed by atoms with Gasteiger partial charge in [0.05, 0.1) is 30.1 Å². The summed E-state index contributed by atoms with van der Waals surface area (Å²) in [6.45, 7) is 8.16. The van der Waals surface area contributed by atoms with Crippen molar-refractivity contribution in [2.45, 2.75) is 39.9 Å². The Hall–Kier alpha value is -1.08. The highest BCUT2D eigenvalue weighted by atomic mass is 16.5. The Labute approximate surface area is 97.0 Å². The van der Waals surface area contributed by atoms with E-state index in [1.54, 1.807) is 6.92 Å². The second-order valence-electron chi connectivity index (χ2n) is 4.71. The van der Waals surface area contributed by atoms with E-state index in [4.69, 9.17) is 10.00 Å². The Bertz CT molecular complexity index is 298. The van der Waals surface area contributed by atoms with Crippen molar-refractivity contribution in [3.05, 3.63) is 0 Å². The number of carbonyl (C=O) groups excluding carboxylic acids is 1. The van der Waals surface area contributed by atoms with Crippen molar-refractivity contribution in [1.29, 1.82) is 5.26 Å². The third kappa shape index (κ3) is 2.73. The van der Waals surface area contributed by atoms with Crippen LogP contribution in [0.3, 0.4) is 0 Å². The van der Waals surface area contributed by atoms with Gasteiger partial charge in [0, 0.05) is 6.54 Å². The lowest BCUT2D eigenvalue weighted by atomic mass is 9.89. The van der Waals surface area contributed by atoms with E-state index in [1.165, 1.54) is 0 Å². The SMILES string of the molecule is CC(C#N)CNC(=O)C1C(C)OC(C)C1C. The molecule has 1 fully saturated rings. The van der Waals surface area contributed by atoms with Crippen LogP contribution in [-0.4, -0.2) is 24.7 Å². The largest absolute Gasteiger partial charge is 0.374 e. The summed E-state index contributed by atoms with van der Waals surface area (Å²) in [6, 6.07) is 2.10. The molecular formula is C12H20N2O2. The predicted molar refractivity (Wildman–Crippen MR) is 60.4 cm³/mol. The minimum Gasteiger partial charge on any atom is -0.374 e. The van der Waals surface area contributed by atoms with Crippen LogP contribution >= 0.6 is 0 Å². The third-order valence-electron chi connectivity index (χ3n) is 3.35. The fourth-order valence-electron chi connectivity index (χ4n) is 2.14. The maximum atomic E-state index is 11.9. The highest BCUT2D eigenvalue weighted by Crippen LogP contribution is 2.32. The standard InChI is InChI=1S/C12H20N2O2/c1-7(5-13)6-14-12(15)11-8(2)9(3)16-10(11)4/h7-11H,6H2,1-4H3,(H,14,15). The van der Waals surface area contributed by atoms with Gasteiger partial charge in [-0.05, 0) is 26.7 Å². The van der Waals surface area contributed by atoms with Gasteiger partial charge in [0.2, 0.25) is 5.91 Å². The first-order chi connectivity index (χ1) is 7.47. The number of nitrogens with zero attached hydrogens (tertiary/aromatic N) is 1. The lowest BCUT2D eigenvalue weighted by molar-refractivity contribution is -0.127. The summed E-state index contributed by atoms with van der Waals surface area (Å²) >= 11 is 0. The van der Waals surface area contributed by atoms with E-state index in [1.807, 2.05) is 20.8 Å². The quantitative estimate of drug-likeness (QED) is 0.786. The number of hydrogen-bond acceptors (Lipinski definition) is 3. The number of hydrogen-bond donors (Lipinski definition) is 1. The maximum Gasteiger partial charge on any atom is 0.226 e. The van der Waals surface area contributed by atoms with Gasteiger partial charge in [-0.2, -0.15) is 5.26 Å². The van der Waals surface area contributed by atoms with Crippen LogP contribution in [0.15, 0.2) is 0 Å². The lowest BCUT2D eigenvalue weighted by Crippen LogP contribution is -2.39. The van der Waals surface area contributed by atoms with Gasteiger partial charge in [-0.25, -0.2) is 0 Å². The summed E-state index contributed by atoms with van der Waals surface area (Å²) in [5.74, 6) is -0.00552. The number of rotatable bonds is 3. The normalized spacial score (nSPS) is 35.4. The van der Waals surface area contributed by atoms with E-state index < -0.39 is 0 Å². The minimum atomic E-state index is -0.144. The Kier molecular flexibility index (Phi) is 4.31. The van der Waals surface area contributed by atoms with Crippen molar-refractivity contribution in [2.75, 3.05) is 6.54 Å². The van der Waals surface area contributed by atoms with Crippen molar-refractivity contribution in [2.24, 2.45) is 17.8 Å². The predicted octanol–water partition coefficient (Wildman–Crippen LogP) is 1.32. The second kappa shape index (κ2) is 5.31. The zero-order valence-corrected chi connectivity index (χ0v) is 10.4. The Morgan fingerprint density at radius 1 is 1.44 bits per heavy atom. The summed E-state index contributed by atoms with van der Waals surface area (Å²) in [6.07, 6.45) is 0.0848. The lowest BCUT2D eigenvalue weighted by Gasteiger charge is -2.18. The molecule has 1 N–H and O–H groups in total. The third-order valence-corrected chi connectivity index (χ3v) is 3.35. The van der Waals surface area contributed by atoms with Crippen molar-refractivity contribution < 1.29 is 9.53 Å². The van der Waals surface area contributed by atoms with Gasteiger partial charge in [0.1, 0.15) is 0 Å². The highest BCUT2D eigenvalue weighted by molar-refractivity contribution is 5.79. The Balaban J connectivity index is 2.51. The highest BCUT2D eigenvalue weighted by Gasteiger charge is 2.41. The molecule has 90 valence electrons. The number of nitrogens with one attached hydrogen (secondary N) is 1. The van der Waals surface area contributed by atoms with E-state index >= 15 is 0 Å². The fraction of sp³-hybridized carbons (Fsp3) is 0.833. The van der Waals surface area contributed by atoms with Crippen molar-refractivity contribution >= 4 is 5.91 Å². The molecule has 0 spiro atoms. The number of amides is 1. The van der Waals surface area contributed by atoms with Gasteiger partial charge in [0.15, 0.2) is 0 Å². The number of ether oxygens (including phenoxy) is 1. The zero-order valence-electron chi connectivity index (χ0n) is 10.4. The van der Waals surface area contributed by atoms with Crippen molar-refractivity contribution in [3.8, 4) is 6.07 Å². The smallest absolute Gasteiger partial charge is 0.226 e. The molecule has 0 aromatic heterocycles. The minimum absolute atomic E-state index is 0.00597. The molecule has 1 saturated heterocycles. The Morgan fingerprint density at radius 2 is 2.06 bits per heavy atom. The summed E-state index contributed by atoms with van der Waals surface area (Å²) in [5, 5.41) is 11.4. The van der Waals surface area contributed by atoms with Gasteiger partial charge < -0.3 is 10.1 Å². The van der Waals surface area contributed by atoms with Crippen LogP contribution in [0.2, 0.25) is 0 Å². The molecule has 1 amide bonds. The van der Waals surface area contributed by atoms with E-state index in [9.17, 15) is 4.79 Å². The molecule has 5 atom stereocenters. The number of carbonyl (C=O) groups is 1. The molecule has 0 aliphatic carbocycles. The van der Waals surface area contributed by atoms with Crippen molar-refractivity contribution in [3.63, 3.8) is 0 Å². The molecule has 1 heterocycles. The average molecular weight is 224 g/mol. The van der Waals surface area contributed by atoms with Gasteiger partial charge in [-0.15, -0.1) is 0 Å². The average Bonchev–Trinajstić information content (AvgIpc) is 2.49. The number of nitriles is 1. The van der Waals surface area contributed by atoms with Gasteiger partial charge in [-0.1, -0.05) is 6.92 Å². The maximum absolute atomic E-state index is 11.9. The van der Waals surface area contributed by atoms with E-state index in [2.05, 4.69) is 11.4 Å². The van der Waals surface area contributed by atoms with E-state index in [0.29, 0.717) is 6.54 Å². The van der Waals surface area contributed by atoms with E-state index in [-0.39, 0.29) is 35.9 Å². The Morgan fingerprint density at radius 3 is 2.50 bits per heavy atom. The van der Waals surface area contributed by atoms with Crippen LogP contribution < -0.4 is 5.32 Å². The molecule has 0 aromatic rings. The van der Waals surface area contributed by atoms with E-state index in [0.717, 1.165) is 0 Å². The second-order valence-corrected chi connectivity index (χ2v) is 4.71. The first-order valence-electron chi connectivity index (χ1n) is 5.80. The fourth-order valence-corrected chi connectivity index (χ4v) is 2.14. The van der Waals surface area contributed by atoms with Crippen LogP contribution in [0, 0.1) is 29.1 Å². The van der Waals surface area contributed by atoms with Gasteiger partial charge in [-0.3, -0.25) is 4.79 Å². The van der Waals surface area contributed by atoms with Gasteiger partial charge in [0.25, 0.3) is 0 Å². The van der Waals surface area contributed by atoms with Gasteiger partial charge >= 0.3 is 0 Å². The van der Waals surface area contributed by atoms with Crippen LogP contribution in [0.5, 0.6) is 0 Å². The summed E-state index contributed by atoms with van der Waals surface area (Å²) < 4.78 is 5.61. The molecule has 4 nitrogen and oxygen atoms in total. The molecule has 0 saturated carbocycles. The topological polar surface area (TPSA) is 62.1 Å². The van der Waals surface area contributed by atoms with Crippen LogP contribution in [0.4, 0.5) is 0 Å². The molecule has 0 aromatic carbocycles. The molecule has 5 unspecified atom stereocenters. The molecule has 1 aliphatic heterocycles. The molecule has 0 bridgehead atoms. The zero-order chi connectivity index (χ0) is 12.3.